The third-order valence-corrected chi connectivity index (χ3v) is 5.93. The van der Waals surface area contributed by atoms with E-state index >= 15 is 0 Å². The first-order valence-electron chi connectivity index (χ1n) is 11.3. The number of carboxylic acid groups (broad SMARTS) is 1. The number of aromatic carboxylic acids is 1. The predicted octanol–water partition coefficient (Wildman–Crippen LogP) is 2.69. The van der Waals surface area contributed by atoms with Crippen molar-refractivity contribution in [3.05, 3.63) is 71.1 Å². The van der Waals surface area contributed by atoms with Gasteiger partial charge in [0.25, 0.3) is 5.91 Å². The molecule has 0 fully saturated rings. The zero-order valence-electron chi connectivity index (χ0n) is 20.3. The lowest BCUT2D eigenvalue weighted by molar-refractivity contribution is 0.0697. The topological polar surface area (TPSA) is 112 Å². The van der Waals surface area contributed by atoms with Crippen LogP contribution in [0.2, 0.25) is 0 Å². The molecule has 0 spiro atoms. The second kappa shape index (κ2) is 9.60. The first-order valence-corrected chi connectivity index (χ1v) is 11.3. The van der Waals surface area contributed by atoms with Gasteiger partial charge in [0.15, 0.2) is 0 Å². The molecule has 1 aliphatic carbocycles. The number of hydrogen-bond donors (Lipinski definition) is 3. The number of rotatable bonds is 6. The molecule has 1 amide bonds. The lowest BCUT2D eigenvalue weighted by Gasteiger charge is -2.19. The molecule has 0 saturated carbocycles. The molecule has 0 atom stereocenters. The molecular weight excluding hydrogens is 444 g/mol. The van der Waals surface area contributed by atoms with Crippen LogP contribution in [-0.2, 0) is 0 Å². The number of hydrogen-bond acceptors (Lipinski definition) is 5. The maximum Gasteiger partial charge on any atom is 0.336 e. The first kappa shape index (κ1) is 24.0. The molecule has 2 aliphatic rings. The number of nitrogens with two attached hydrogens (primary N) is 1. The van der Waals surface area contributed by atoms with Crippen LogP contribution in [-0.4, -0.2) is 58.3 Å². The van der Waals surface area contributed by atoms with Crippen molar-refractivity contribution in [3.8, 4) is 22.5 Å². The number of carbonyl (C=O) groups excluding carboxylic acids is 1. The van der Waals surface area contributed by atoms with E-state index in [9.17, 15) is 14.7 Å². The van der Waals surface area contributed by atoms with Crippen molar-refractivity contribution in [2.24, 2.45) is 5.73 Å². The molecule has 2 aromatic carbocycles. The highest BCUT2D eigenvalue weighted by atomic mass is 16.4. The Morgan fingerprint density at radius 3 is 2.43 bits per heavy atom. The van der Waals surface area contributed by atoms with Gasteiger partial charge in [-0.15, -0.1) is 0 Å². The van der Waals surface area contributed by atoms with Gasteiger partial charge in [0, 0.05) is 67.1 Å². The van der Waals surface area contributed by atoms with Crippen LogP contribution in [0, 0.1) is 0 Å². The normalized spacial score (nSPS) is 11.0. The van der Waals surface area contributed by atoms with E-state index < -0.39 is 5.97 Å². The Bertz CT molecular complexity index is 1480. The van der Waals surface area contributed by atoms with Gasteiger partial charge in [0.2, 0.25) is 5.36 Å². The number of amides is 1. The van der Waals surface area contributed by atoms with Crippen LogP contribution in [0.15, 0.2) is 59.0 Å². The highest BCUT2D eigenvalue weighted by molar-refractivity contribution is 6.09. The monoisotopic (exact) mass is 473 g/mol. The third kappa shape index (κ3) is 4.61. The van der Waals surface area contributed by atoms with E-state index in [1.807, 2.05) is 74.1 Å². The van der Waals surface area contributed by atoms with Crippen molar-refractivity contribution in [3.63, 3.8) is 0 Å². The van der Waals surface area contributed by atoms with Crippen LogP contribution in [0.3, 0.4) is 0 Å². The van der Waals surface area contributed by atoms with E-state index in [1.54, 1.807) is 12.1 Å². The molecule has 8 heteroatoms. The van der Waals surface area contributed by atoms with Crippen LogP contribution in [0.4, 0.5) is 5.69 Å². The van der Waals surface area contributed by atoms with Crippen molar-refractivity contribution in [2.45, 2.75) is 0 Å². The fourth-order valence-electron chi connectivity index (χ4n) is 4.08. The molecule has 1 aliphatic heterocycles. The molecule has 4 rings (SSSR count). The Balaban J connectivity index is 2.06. The fraction of sp³-hybridized carbons (Fsp3) is 0.222. The van der Waals surface area contributed by atoms with Gasteiger partial charge in [-0.25, -0.2) is 9.37 Å². The van der Waals surface area contributed by atoms with Crippen molar-refractivity contribution in [2.75, 3.05) is 46.2 Å². The molecule has 1 heterocycles. The number of carbonyl (C=O) groups is 2. The lowest BCUT2D eigenvalue weighted by Crippen LogP contribution is -2.29. The Morgan fingerprint density at radius 1 is 1.03 bits per heavy atom. The second-order valence-corrected chi connectivity index (χ2v) is 8.74. The lowest BCUT2D eigenvalue weighted by atomic mass is 9.89. The van der Waals surface area contributed by atoms with Gasteiger partial charge < -0.3 is 25.5 Å². The second-order valence-electron chi connectivity index (χ2n) is 8.74. The van der Waals surface area contributed by atoms with Gasteiger partial charge in [0.1, 0.15) is 25.4 Å². The number of carboxylic acids is 1. The largest absolute Gasteiger partial charge is 0.478 e. The Labute approximate surface area is 203 Å². The van der Waals surface area contributed by atoms with Gasteiger partial charge in [-0.1, -0.05) is 6.07 Å². The fourth-order valence-corrected chi connectivity index (χ4v) is 4.08. The molecule has 0 unspecified atom stereocenters. The van der Waals surface area contributed by atoms with Crippen LogP contribution in [0.5, 0.6) is 0 Å². The zero-order chi connectivity index (χ0) is 25.3. The Morgan fingerprint density at radius 2 is 1.77 bits per heavy atom. The quantitative estimate of drug-likeness (QED) is 0.293. The average molecular weight is 474 g/mol. The number of nitrogens with one attached hydrogen (secondary N) is 1. The SMILES string of the molecule is CN(C)c1ccc2c(-c3ccc(C(=O)NCCN)cc3C(=O)O)c3ccc(=[N+](C)C)cc-3oc2c1. The van der Waals surface area contributed by atoms with E-state index in [1.165, 1.54) is 6.07 Å². The molecule has 2 aromatic rings. The zero-order valence-corrected chi connectivity index (χ0v) is 20.3. The van der Waals surface area contributed by atoms with Crippen molar-refractivity contribution >= 4 is 28.5 Å². The minimum absolute atomic E-state index is 0.0348. The summed E-state index contributed by atoms with van der Waals surface area (Å²) in [6, 6.07) is 16.4. The van der Waals surface area contributed by atoms with Gasteiger partial charge >= 0.3 is 5.97 Å². The van der Waals surface area contributed by atoms with Gasteiger partial charge in [-0.3, -0.25) is 4.79 Å². The smallest absolute Gasteiger partial charge is 0.336 e. The molecule has 8 nitrogen and oxygen atoms in total. The van der Waals surface area contributed by atoms with Crippen LogP contribution in [0.25, 0.3) is 33.4 Å². The maximum atomic E-state index is 12.5. The van der Waals surface area contributed by atoms with E-state index in [0.717, 1.165) is 27.6 Å². The number of fused-ring (bicyclic) bond motifs is 2. The van der Waals surface area contributed by atoms with Crippen molar-refractivity contribution in [1.82, 2.24) is 9.89 Å². The minimum atomic E-state index is -1.12. The standard InChI is InChI=1S/C27H28N4O4/c1-30(2)17-6-9-20-23(14-17)35-24-15-18(31(3)4)7-10-21(24)25(20)19-8-5-16(13-22(19)27(33)34)26(32)29-12-11-28/h5-10,13-15H,11-12,28H2,1-4H3,(H-,29,32,33,34)/p+1. The molecular formula is C27H29N4O4+. The summed E-state index contributed by atoms with van der Waals surface area (Å²) >= 11 is 0. The summed E-state index contributed by atoms with van der Waals surface area (Å²) in [6.07, 6.45) is 0. The molecule has 35 heavy (non-hydrogen) atoms. The number of anilines is 1. The van der Waals surface area contributed by atoms with Crippen molar-refractivity contribution in [1.29, 1.82) is 0 Å². The highest BCUT2D eigenvalue weighted by Gasteiger charge is 2.23. The summed E-state index contributed by atoms with van der Waals surface area (Å²) in [5.74, 6) is -0.852. The summed E-state index contributed by atoms with van der Waals surface area (Å²) in [5.41, 5.74) is 9.39. The molecule has 4 N–H and O–H groups in total. The minimum Gasteiger partial charge on any atom is -0.478 e. The molecule has 0 bridgehead atoms. The van der Waals surface area contributed by atoms with Gasteiger partial charge in [-0.2, -0.15) is 0 Å². The third-order valence-electron chi connectivity index (χ3n) is 5.93. The Hall–Kier alpha value is -4.17. The number of benzene rings is 3. The molecule has 180 valence electrons. The predicted molar refractivity (Wildman–Crippen MR) is 138 cm³/mol. The highest BCUT2D eigenvalue weighted by Crippen LogP contribution is 2.42. The Kier molecular flexibility index (Phi) is 6.57. The molecule has 0 saturated heterocycles. The summed E-state index contributed by atoms with van der Waals surface area (Å²) in [6.45, 7) is 0.603. The van der Waals surface area contributed by atoms with Crippen LogP contribution < -0.4 is 25.9 Å². The maximum absolute atomic E-state index is 12.5. The van der Waals surface area contributed by atoms with Crippen LogP contribution in [0.1, 0.15) is 20.7 Å². The van der Waals surface area contributed by atoms with Gasteiger partial charge in [0.05, 0.1) is 11.6 Å². The summed E-state index contributed by atoms with van der Waals surface area (Å²) in [4.78, 5) is 26.8. The van der Waals surface area contributed by atoms with E-state index in [-0.39, 0.29) is 17.0 Å². The van der Waals surface area contributed by atoms with Crippen LogP contribution >= 0.6 is 0 Å². The summed E-state index contributed by atoms with van der Waals surface area (Å²) in [7, 11) is 7.79. The van der Waals surface area contributed by atoms with Gasteiger partial charge in [-0.05, 0) is 35.9 Å². The first-order chi connectivity index (χ1) is 16.7. The number of nitrogens with zero attached hydrogens (tertiary/aromatic N) is 2. The molecule has 0 radical (unpaired) electrons. The average Bonchev–Trinajstić information content (AvgIpc) is 2.84. The van der Waals surface area contributed by atoms with E-state index in [4.69, 9.17) is 10.2 Å². The summed E-state index contributed by atoms with van der Waals surface area (Å²) in [5, 5.41) is 14.5. The van der Waals surface area contributed by atoms with E-state index in [0.29, 0.717) is 30.0 Å². The van der Waals surface area contributed by atoms with Crippen molar-refractivity contribution < 1.29 is 19.1 Å². The molecule has 0 aromatic heterocycles. The summed E-state index contributed by atoms with van der Waals surface area (Å²) < 4.78 is 8.30. The van der Waals surface area contributed by atoms with E-state index in [2.05, 4.69) is 5.32 Å².